The van der Waals surface area contributed by atoms with Gasteiger partial charge in [0.05, 0.1) is 6.61 Å². The van der Waals surface area contributed by atoms with Gasteiger partial charge in [-0.05, 0) is 12.1 Å². The largest absolute Gasteiger partial charge is 0.462 e. The van der Waals surface area contributed by atoms with Crippen molar-refractivity contribution in [3.63, 3.8) is 0 Å². The first-order valence-electron chi connectivity index (χ1n) is 5.65. The Morgan fingerprint density at radius 3 is 2.28 bits per heavy atom. The molecule has 0 aromatic heterocycles. The number of hydrogen-bond donors (Lipinski definition) is 4. The van der Waals surface area contributed by atoms with E-state index in [1.165, 1.54) is 0 Å². The molecule has 1 fully saturated rings. The maximum atomic E-state index is 9.74. The molecule has 1 unspecified atom stereocenters. The molecule has 6 heteroatoms. The van der Waals surface area contributed by atoms with Crippen LogP contribution in [0, 0.1) is 0 Å². The van der Waals surface area contributed by atoms with Crippen molar-refractivity contribution in [3.8, 4) is 5.75 Å². The average molecular weight is 256 g/mol. The molecule has 1 heterocycles. The molecule has 1 aromatic carbocycles. The molecule has 1 aromatic rings. The van der Waals surface area contributed by atoms with Crippen LogP contribution in [0.25, 0.3) is 0 Å². The van der Waals surface area contributed by atoms with Gasteiger partial charge in [0.25, 0.3) is 0 Å². The number of rotatable bonds is 3. The van der Waals surface area contributed by atoms with E-state index in [2.05, 4.69) is 0 Å². The zero-order valence-electron chi connectivity index (χ0n) is 9.59. The Morgan fingerprint density at radius 2 is 1.67 bits per heavy atom. The highest BCUT2D eigenvalue weighted by Gasteiger charge is 2.44. The second-order valence-corrected chi connectivity index (χ2v) is 4.13. The molecule has 0 amide bonds. The predicted molar refractivity (Wildman–Crippen MR) is 60.8 cm³/mol. The summed E-state index contributed by atoms with van der Waals surface area (Å²) in [7, 11) is 0. The van der Waals surface area contributed by atoms with Crippen LogP contribution in [0.1, 0.15) is 0 Å². The molecule has 1 saturated heterocycles. The summed E-state index contributed by atoms with van der Waals surface area (Å²) in [4.78, 5) is 0. The molecule has 4 N–H and O–H groups in total. The summed E-state index contributed by atoms with van der Waals surface area (Å²) in [5.41, 5.74) is 0. The number of aliphatic hydroxyl groups excluding tert-OH is 4. The zero-order valence-corrected chi connectivity index (χ0v) is 9.59. The highest BCUT2D eigenvalue weighted by molar-refractivity contribution is 5.21. The Balaban J connectivity index is 2.08. The Bertz CT molecular complexity index is 368. The Morgan fingerprint density at radius 1 is 1.00 bits per heavy atom. The second kappa shape index (κ2) is 5.64. The number of hydrogen-bond acceptors (Lipinski definition) is 6. The first-order chi connectivity index (χ1) is 8.63. The van der Waals surface area contributed by atoms with Gasteiger partial charge in [0.15, 0.2) is 0 Å². The van der Waals surface area contributed by atoms with Gasteiger partial charge >= 0.3 is 0 Å². The Labute approximate surface area is 104 Å². The minimum Gasteiger partial charge on any atom is -0.462 e. The average Bonchev–Trinajstić information content (AvgIpc) is 2.40. The van der Waals surface area contributed by atoms with Crippen LogP contribution in [0.5, 0.6) is 5.75 Å². The fourth-order valence-corrected chi connectivity index (χ4v) is 1.80. The van der Waals surface area contributed by atoms with Crippen LogP contribution in [0.4, 0.5) is 0 Å². The Hall–Kier alpha value is -1.18. The summed E-state index contributed by atoms with van der Waals surface area (Å²) in [6.07, 6.45) is -6.28. The van der Waals surface area contributed by atoms with Gasteiger partial charge in [0.2, 0.25) is 6.29 Å². The minimum atomic E-state index is -1.43. The lowest BCUT2D eigenvalue weighted by atomic mass is 9.99. The van der Waals surface area contributed by atoms with Gasteiger partial charge in [-0.25, -0.2) is 0 Å². The van der Waals surface area contributed by atoms with Gasteiger partial charge in [0, 0.05) is 0 Å². The van der Waals surface area contributed by atoms with E-state index in [0.29, 0.717) is 5.75 Å². The van der Waals surface area contributed by atoms with E-state index in [1.54, 1.807) is 30.3 Å². The third kappa shape index (κ3) is 2.63. The first-order valence-corrected chi connectivity index (χ1v) is 5.65. The zero-order chi connectivity index (χ0) is 13.1. The molecule has 5 atom stereocenters. The van der Waals surface area contributed by atoms with Crippen LogP contribution in [0.2, 0.25) is 0 Å². The van der Waals surface area contributed by atoms with Crippen LogP contribution in [0.3, 0.4) is 0 Å². The lowest BCUT2D eigenvalue weighted by molar-refractivity contribution is -0.277. The number of aliphatic hydroxyl groups is 4. The SMILES string of the molecule is OC[C@H]1OC(Oc2ccccc2)[C@H](O)[C@@H](O)[C@H]1O. The second-order valence-electron chi connectivity index (χ2n) is 4.13. The summed E-state index contributed by atoms with van der Waals surface area (Å²) >= 11 is 0. The standard InChI is InChI=1S/C12H16O6/c13-6-8-9(14)10(15)11(16)12(18-8)17-7-4-2-1-3-5-7/h1-5,8-16H,6H2/t8-,9+,10+,11-,12?/m1/s1. The van der Waals surface area contributed by atoms with E-state index in [4.69, 9.17) is 14.6 Å². The number of benzene rings is 1. The van der Waals surface area contributed by atoms with Gasteiger partial charge in [-0.2, -0.15) is 0 Å². The van der Waals surface area contributed by atoms with Crippen molar-refractivity contribution >= 4 is 0 Å². The van der Waals surface area contributed by atoms with Crippen LogP contribution >= 0.6 is 0 Å². The lowest BCUT2D eigenvalue weighted by Crippen LogP contribution is -2.60. The maximum Gasteiger partial charge on any atom is 0.229 e. The van der Waals surface area contributed by atoms with Gasteiger partial charge in [0.1, 0.15) is 30.2 Å². The molecule has 6 nitrogen and oxygen atoms in total. The van der Waals surface area contributed by atoms with Crippen molar-refractivity contribution < 1.29 is 29.9 Å². The van der Waals surface area contributed by atoms with E-state index >= 15 is 0 Å². The monoisotopic (exact) mass is 256 g/mol. The lowest BCUT2D eigenvalue weighted by Gasteiger charge is -2.39. The van der Waals surface area contributed by atoms with Gasteiger partial charge < -0.3 is 29.9 Å². The summed E-state index contributed by atoms with van der Waals surface area (Å²) in [6, 6.07) is 8.64. The number of ether oxygens (including phenoxy) is 2. The fraction of sp³-hybridized carbons (Fsp3) is 0.500. The molecule has 0 spiro atoms. The Kier molecular flexibility index (Phi) is 4.15. The summed E-state index contributed by atoms with van der Waals surface area (Å²) in [6.45, 7) is -0.473. The third-order valence-corrected chi connectivity index (χ3v) is 2.84. The molecule has 1 aliphatic heterocycles. The highest BCUT2D eigenvalue weighted by Crippen LogP contribution is 2.23. The predicted octanol–water partition coefficient (Wildman–Crippen LogP) is -1.13. The summed E-state index contributed by atoms with van der Waals surface area (Å²) < 4.78 is 10.6. The molecular weight excluding hydrogens is 240 g/mol. The summed E-state index contributed by atoms with van der Waals surface area (Å²) in [5.74, 6) is 0.460. The minimum absolute atomic E-state index is 0.460. The third-order valence-electron chi connectivity index (χ3n) is 2.84. The fourth-order valence-electron chi connectivity index (χ4n) is 1.80. The normalized spacial score (nSPS) is 36.3. The molecule has 0 bridgehead atoms. The molecule has 100 valence electrons. The smallest absolute Gasteiger partial charge is 0.229 e. The topological polar surface area (TPSA) is 99.4 Å². The van der Waals surface area contributed by atoms with Crippen LogP contribution in [0.15, 0.2) is 30.3 Å². The van der Waals surface area contributed by atoms with Crippen molar-refractivity contribution in [2.24, 2.45) is 0 Å². The molecule has 0 saturated carbocycles. The molecule has 2 rings (SSSR count). The van der Waals surface area contributed by atoms with E-state index in [-0.39, 0.29) is 0 Å². The molecule has 18 heavy (non-hydrogen) atoms. The van der Waals surface area contributed by atoms with E-state index in [0.717, 1.165) is 0 Å². The highest BCUT2D eigenvalue weighted by atomic mass is 16.7. The van der Waals surface area contributed by atoms with E-state index < -0.39 is 37.3 Å². The molecule has 0 radical (unpaired) electrons. The van der Waals surface area contributed by atoms with Gasteiger partial charge in [-0.3, -0.25) is 0 Å². The van der Waals surface area contributed by atoms with E-state index in [1.807, 2.05) is 0 Å². The molecule has 1 aliphatic rings. The van der Waals surface area contributed by atoms with Gasteiger partial charge in [-0.1, -0.05) is 18.2 Å². The molecular formula is C12H16O6. The van der Waals surface area contributed by atoms with Crippen LogP contribution in [-0.4, -0.2) is 57.7 Å². The van der Waals surface area contributed by atoms with Crippen LogP contribution < -0.4 is 4.74 Å². The van der Waals surface area contributed by atoms with E-state index in [9.17, 15) is 15.3 Å². The maximum absolute atomic E-state index is 9.74. The quantitative estimate of drug-likeness (QED) is 0.546. The number of para-hydroxylation sites is 1. The van der Waals surface area contributed by atoms with Crippen molar-refractivity contribution in [1.82, 2.24) is 0 Å². The first kappa shape index (κ1) is 13.3. The van der Waals surface area contributed by atoms with Crippen molar-refractivity contribution in [2.75, 3.05) is 6.61 Å². The van der Waals surface area contributed by atoms with Crippen molar-refractivity contribution in [2.45, 2.75) is 30.7 Å². The van der Waals surface area contributed by atoms with Crippen LogP contribution in [-0.2, 0) is 4.74 Å². The van der Waals surface area contributed by atoms with Gasteiger partial charge in [-0.15, -0.1) is 0 Å². The molecule has 0 aliphatic carbocycles. The van der Waals surface area contributed by atoms with Crippen molar-refractivity contribution in [1.29, 1.82) is 0 Å². The van der Waals surface area contributed by atoms with Crippen molar-refractivity contribution in [3.05, 3.63) is 30.3 Å². The summed E-state index contributed by atoms with van der Waals surface area (Å²) in [5, 5.41) is 37.9.